The smallest absolute Gasteiger partial charge is 0.262 e. The third-order valence-corrected chi connectivity index (χ3v) is 6.55. The standard InChI is InChI=1S/C24H23FN2O5S/c1-16-6-8-18(33(29,30)27-21-5-3-2-4-20(21)25)15-19(16)24(28)26-11-10-17-7-9-22-23(14-17)32-13-12-31-22/h2-9,14-15,27H,10-13H2,1H3,(H,26,28). The minimum atomic E-state index is -4.08. The van der Waals surface area contributed by atoms with Crippen molar-refractivity contribution in [1.29, 1.82) is 0 Å². The van der Waals surface area contributed by atoms with E-state index in [1.807, 2.05) is 18.2 Å². The summed E-state index contributed by atoms with van der Waals surface area (Å²) < 4.78 is 52.6. The molecule has 4 rings (SSSR count). The van der Waals surface area contributed by atoms with Gasteiger partial charge in [-0.15, -0.1) is 0 Å². The van der Waals surface area contributed by atoms with E-state index in [0.29, 0.717) is 43.2 Å². The Morgan fingerprint density at radius 3 is 2.55 bits per heavy atom. The number of benzene rings is 3. The second-order valence-corrected chi connectivity index (χ2v) is 9.23. The maximum absolute atomic E-state index is 13.9. The van der Waals surface area contributed by atoms with Gasteiger partial charge in [-0.25, -0.2) is 12.8 Å². The Hall–Kier alpha value is -3.59. The Kier molecular flexibility index (Phi) is 6.50. The summed E-state index contributed by atoms with van der Waals surface area (Å²) in [6.45, 7) is 3.09. The Balaban J connectivity index is 1.43. The van der Waals surface area contributed by atoms with Gasteiger partial charge in [-0.2, -0.15) is 0 Å². The molecule has 0 aliphatic carbocycles. The highest BCUT2D eigenvalue weighted by Crippen LogP contribution is 2.30. The lowest BCUT2D eigenvalue weighted by Crippen LogP contribution is -2.27. The number of carbonyl (C=O) groups is 1. The van der Waals surface area contributed by atoms with Crippen molar-refractivity contribution in [1.82, 2.24) is 5.32 Å². The fraction of sp³-hybridized carbons (Fsp3) is 0.208. The average Bonchev–Trinajstić information content (AvgIpc) is 2.80. The van der Waals surface area contributed by atoms with Crippen LogP contribution in [-0.4, -0.2) is 34.1 Å². The van der Waals surface area contributed by atoms with Gasteiger partial charge < -0.3 is 14.8 Å². The van der Waals surface area contributed by atoms with Crippen molar-refractivity contribution in [2.45, 2.75) is 18.2 Å². The van der Waals surface area contributed by atoms with Gasteiger partial charge in [0.05, 0.1) is 10.6 Å². The predicted octanol–water partition coefficient (Wildman–Crippen LogP) is 3.68. The highest BCUT2D eigenvalue weighted by atomic mass is 32.2. The Bertz CT molecular complexity index is 1290. The first kappa shape index (κ1) is 22.6. The molecule has 1 aliphatic rings. The highest BCUT2D eigenvalue weighted by molar-refractivity contribution is 7.92. The molecule has 0 aromatic heterocycles. The van der Waals surface area contributed by atoms with Gasteiger partial charge >= 0.3 is 0 Å². The van der Waals surface area contributed by atoms with E-state index in [1.165, 1.54) is 30.3 Å². The fourth-order valence-corrected chi connectivity index (χ4v) is 4.51. The van der Waals surface area contributed by atoms with E-state index in [4.69, 9.17) is 9.47 Å². The van der Waals surface area contributed by atoms with E-state index in [-0.39, 0.29) is 16.1 Å². The summed E-state index contributed by atoms with van der Waals surface area (Å²) in [6.07, 6.45) is 0.564. The quantitative estimate of drug-likeness (QED) is 0.550. The van der Waals surface area contributed by atoms with Crippen LogP contribution in [-0.2, 0) is 16.4 Å². The third-order valence-electron chi connectivity index (χ3n) is 5.19. The molecule has 172 valence electrons. The maximum Gasteiger partial charge on any atom is 0.262 e. The third kappa shape index (κ3) is 5.25. The molecule has 7 nitrogen and oxygen atoms in total. The molecule has 0 bridgehead atoms. The lowest BCUT2D eigenvalue weighted by molar-refractivity contribution is 0.0953. The van der Waals surface area contributed by atoms with Gasteiger partial charge in [0.25, 0.3) is 15.9 Å². The SMILES string of the molecule is Cc1ccc(S(=O)(=O)Nc2ccccc2F)cc1C(=O)NCCc1ccc2c(c1)OCCO2. The summed E-state index contributed by atoms with van der Waals surface area (Å²) in [4.78, 5) is 12.6. The van der Waals surface area contributed by atoms with E-state index >= 15 is 0 Å². The topological polar surface area (TPSA) is 93.7 Å². The van der Waals surface area contributed by atoms with Crippen molar-refractivity contribution in [2.24, 2.45) is 0 Å². The van der Waals surface area contributed by atoms with Crippen LogP contribution in [0.3, 0.4) is 0 Å². The van der Waals surface area contributed by atoms with Gasteiger partial charge in [0.2, 0.25) is 0 Å². The van der Waals surface area contributed by atoms with E-state index in [0.717, 1.165) is 11.6 Å². The molecule has 9 heteroatoms. The minimum Gasteiger partial charge on any atom is -0.486 e. The summed E-state index contributed by atoms with van der Waals surface area (Å²) in [7, 11) is -4.08. The molecule has 2 N–H and O–H groups in total. The van der Waals surface area contributed by atoms with Crippen LogP contribution in [0.15, 0.2) is 65.6 Å². The van der Waals surface area contributed by atoms with Crippen LogP contribution in [0.1, 0.15) is 21.5 Å². The molecule has 0 saturated carbocycles. The number of nitrogens with one attached hydrogen (secondary N) is 2. The Labute approximate surface area is 191 Å². The van der Waals surface area contributed by atoms with Gasteiger partial charge in [0, 0.05) is 12.1 Å². The molecule has 1 aliphatic heterocycles. The monoisotopic (exact) mass is 470 g/mol. The molecule has 0 spiro atoms. The van der Waals surface area contributed by atoms with E-state index in [9.17, 15) is 17.6 Å². The number of ether oxygens (including phenoxy) is 2. The fourth-order valence-electron chi connectivity index (χ4n) is 3.42. The zero-order valence-electron chi connectivity index (χ0n) is 17.9. The number of rotatable bonds is 7. The van der Waals surface area contributed by atoms with Crippen LogP contribution in [0.2, 0.25) is 0 Å². The normalized spacial score (nSPS) is 12.8. The first-order valence-electron chi connectivity index (χ1n) is 10.4. The molecule has 0 unspecified atom stereocenters. The number of para-hydroxylation sites is 1. The number of aryl methyl sites for hydroxylation is 1. The largest absolute Gasteiger partial charge is 0.486 e. The summed E-state index contributed by atoms with van der Waals surface area (Å²) in [5.74, 6) is 0.297. The van der Waals surface area contributed by atoms with Crippen LogP contribution in [0.25, 0.3) is 0 Å². The minimum absolute atomic E-state index is 0.131. The zero-order chi connectivity index (χ0) is 23.4. The number of anilines is 1. The van der Waals surface area contributed by atoms with Crippen LogP contribution in [0.4, 0.5) is 10.1 Å². The van der Waals surface area contributed by atoms with Gasteiger partial charge in [0.1, 0.15) is 19.0 Å². The number of carbonyl (C=O) groups excluding carboxylic acids is 1. The van der Waals surface area contributed by atoms with Gasteiger partial charge in [-0.3, -0.25) is 9.52 Å². The lowest BCUT2D eigenvalue weighted by atomic mass is 10.1. The van der Waals surface area contributed by atoms with Crippen LogP contribution in [0.5, 0.6) is 11.5 Å². The maximum atomic E-state index is 13.9. The highest BCUT2D eigenvalue weighted by Gasteiger charge is 2.19. The van der Waals surface area contributed by atoms with E-state index in [1.54, 1.807) is 13.0 Å². The predicted molar refractivity (Wildman–Crippen MR) is 122 cm³/mol. The number of amides is 1. The summed E-state index contributed by atoms with van der Waals surface area (Å²) >= 11 is 0. The van der Waals surface area contributed by atoms with Crippen molar-refractivity contribution in [2.75, 3.05) is 24.5 Å². The molecule has 0 fully saturated rings. The molecule has 0 atom stereocenters. The molecular weight excluding hydrogens is 447 g/mol. The number of fused-ring (bicyclic) bond motifs is 1. The summed E-state index contributed by atoms with van der Waals surface area (Å²) in [5.41, 5.74) is 1.66. The molecule has 33 heavy (non-hydrogen) atoms. The van der Waals surface area contributed by atoms with Gasteiger partial charge in [0.15, 0.2) is 11.5 Å². The van der Waals surface area contributed by atoms with Crippen molar-refractivity contribution < 1.29 is 27.1 Å². The molecule has 0 radical (unpaired) electrons. The molecule has 3 aromatic carbocycles. The second-order valence-electron chi connectivity index (χ2n) is 7.55. The number of halogens is 1. The second kappa shape index (κ2) is 9.50. The van der Waals surface area contributed by atoms with Gasteiger partial charge in [-0.05, 0) is 60.9 Å². The van der Waals surface area contributed by atoms with Gasteiger partial charge in [-0.1, -0.05) is 24.3 Å². The van der Waals surface area contributed by atoms with Crippen molar-refractivity contribution >= 4 is 21.6 Å². The van der Waals surface area contributed by atoms with E-state index in [2.05, 4.69) is 10.0 Å². The van der Waals surface area contributed by atoms with Crippen LogP contribution < -0.4 is 19.5 Å². The average molecular weight is 471 g/mol. The lowest BCUT2D eigenvalue weighted by Gasteiger charge is -2.19. The molecule has 3 aromatic rings. The molecule has 1 amide bonds. The molecule has 1 heterocycles. The van der Waals surface area contributed by atoms with Crippen molar-refractivity contribution in [3.05, 3.63) is 83.2 Å². The zero-order valence-corrected chi connectivity index (χ0v) is 18.7. The molecule has 0 saturated heterocycles. The Morgan fingerprint density at radius 1 is 1.00 bits per heavy atom. The first-order chi connectivity index (χ1) is 15.8. The number of hydrogen-bond donors (Lipinski definition) is 2. The van der Waals surface area contributed by atoms with Crippen LogP contribution >= 0.6 is 0 Å². The molecular formula is C24H23FN2O5S. The summed E-state index contributed by atoms with van der Waals surface area (Å²) in [6, 6.07) is 15.3. The van der Waals surface area contributed by atoms with Crippen LogP contribution in [0, 0.1) is 12.7 Å². The van der Waals surface area contributed by atoms with Crippen molar-refractivity contribution in [3.8, 4) is 11.5 Å². The van der Waals surface area contributed by atoms with Crippen molar-refractivity contribution in [3.63, 3.8) is 0 Å². The number of sulfonamides is 1. The first-order valence-corrected chi connectivity index (χ1v) is 11.9. The van der Waals surface area contributed by atoms with E-state index < -0.39 is 21.7 Å². The Morgan fingerprint density at radius 2 is 1.76 bits per heavy atom. The number of hydrogen-bond acceptors (Lipinski definition) is 5. The summed E-state index contributed by atoms with van der Waals surface area (Å²) in [5, 5.41) is 2.82.